The van der Waals surface area contributed by atoms with Crippen LogP contribution in [0.5, 0.6) is 5.75 Å². The van der Waals surface area contributed by atoms with Crippen LogP contribution in [0.4, 0.5) is 4.39 Å². The summed E-state index contributed by atoms with van der Waals surface area (Å²) in [6.45, 7) is 3.50. The molecule has 7 heteroatoms. The Morgan fingerprint density at radius 3 is 2.60 bits per heavy atom. The minimum absolute atomic E-state index is 0.0891. The van der Waals surface area contributed by atoms with Gasteiger partial charge in [-0.2, -0.15) is 0 Å². The zero-order chi connectivity index (χ0) is 17.9. The van der Waals surface area contributed by atoms with Crippen molar-refractivity contribution in [2.45, 2.75) is 38.6 Å². The average Bonchev–Trinajstić information content (AvgIpc) is 3.38. The van der Waals surface area contributed by atoms with Crippen LogP contribution >= 0.6 is 0 Å². The zero-order valence-electron chi connectivity index (χ0n) is 14.5. The highest BCUT2D eigenvalue weighted by atomic mass is 32.2. The van der Waals surface area contributed by atoms with E-state index in [4.69, 9.17) is 9.47 Å². The number of hydrogen-bond donors (Lipinski definition) is 1. The van der Waals surface area contributed by atoms with E-state index in [1.807, 2.05) is 0 Å². The molecule has 0 aromatic heterocycles. The van der Waals surface area contributed by atoms with E-state index in [0.717, 1.165) is 25.7 Å². The quantitative estimate of drug-likeness (QED) is 0.763. The predicted molar refractivity (Wildman–Crippen MR) is 93.5 cm³/mol. The lowest BCUT2D eigenvalue weighted by Gasteiger charge is -2.23. The van der Waals surface area contributed by atoms with Gasteiger partial charge in [-0.25, -0.2) is 17.5 Å². The molecule has 1 aliphatic carbocycles. The van der Waals surface area contributed by atoms with Crippen LogP contribution in [0, 0.1) is 17.7 Å². The summed E-state index contributed by atoms with van der Waals surface area (Å²) in [6, 6.07) is 4.16. The van der Waals surface area contributed by atoms with Crippen molar-refractivity contribution in [3.63, 3.8) is 0 Å². The molecule has 0 unspecified atom stereocenters. The van der Waals surface area contributed by atoms with Gasteiger partial charge >= 0.3 is 0 Å². The summed E-state index contributed by atoms with van der Waals surface area (Å²) >= 11 is 0. The van der Waals surface area contributed by atoms with Crippen LogP contribution in [0.2, 0.25) is 0 Å². The first kappa shape index (κ1) is 18.6. The number of nitrogens with one attached hydrogen (secondary N) is 1. The molecule has 0 radical (unpaired) electrons. The molecule has 1 aliphatic heterocycles. The Hall–Kier alpha value is -1.18. The highest BCUT2D eigenvalue weighted by molar-refractivity contribution is 7.89. The standard InChI is InChI=1S/C18H26FNO4S/c1-13(20-25(21,22)12-15-6-8-23-9-7-15)16-4-5-18(17(19)10-16)24-11-14-2-3-14/h4-5,10,13-15,20H,2-3,6-9,11-12H2,1H3/t13-/m0/s1. The molecule has 3 rings (SSSR count). The lowest BCUT2D eigenvalue weighted by atomic mass is 10.0. The van der Waals surface area contributed by atoms with Gasteiger partial charge in [0.1, 0.15) is 0 Å². The number of sulfonamides is 1. The molecule has 2 fully saturated rings. The van der Waals surface area contributed by atoms with E-state index in [2.05, 4.69) is 4.72 Å². The molecular weight excluding hydrogens is 345 g/mol. The molecular formula is C18H26FNO4S. The molecule has 140 valence electrons. The summed E-state index contributed by atoms with van der Waals surface area (Å²) in [5, 5.41) is 0. The molecule has 0 amide bonds. The van der Waals surface area contributed by atoms with E-state index >= 15 is 0 Å². The fourth-order valence-corrected chi connectivity index (χ4v) is 4.73. The van der Waals surface area contributed by atoms with E-state index in [1.54, 1.807) is 19.1 Å². The molecule has 0 bridgehead atoms. The Labute approximate surface area is 149 Å². The minimum atomic E-state index is -3.42. The predicted octanol–water partition coefficient (Wildman–Crippen LogP) is 3.02. The second-order valence-electron chi connectivity index (χ2n) is 7.12. The first-order valence-corrected chi connectivity index (χ1v) is 10.6. The van der Waals surface area contributed by atoms with E-state index in [1.165, 1.54) is 6.07 Å². The fraction of sp³-hybridized carbons (Fsp3) is 0.667. The smallest absolute Gasteiger partial charge is 0.212 e. The Morgan fingerprint density at radius 1 is 1.24 bits per heavy atom. The summed E-state index contributed by atoms with van der Waals surface area (Å²) in [7, 11) is -3.42. The molecule has 25 heavy (non-hydrogen) atoms. The number of hydrogen-bond acceptors (Lipinski definition) is 4. The number of benzene rings is 1. The molecule has 2 aliphatic rings. The van der Waals surface area contributed by atoms with E-state index in [-0.39, 0.29) is 17.4 Å². The van der Waals surface area contributed by atoms with E-state index in [9.17, 15) is 12.8 Å². The lowest BCUT2D eigenvalue weighted by Crippen LogP contribution is -2.33. The van der Waals surface area contributed by atoms with E-state index in [0.29, 0.717) is 31.3 Å². The van der Waals surface area contributed by atoms with Crippen molar-refractivity contribution in [3.8, 4) is 5.75 Å². The van der Waals surface area contributed by atoms with Crippen LogP contribution in [0.25, 0.3) is 0 Å². The minimum Gasteiger partial charge on any atom is -0.490 e. The van der Waals surface area contributed by atoms with Gasteiger partial charge in [0.15, 0.2) is 11.6 Å². The van der Waals surface area contributed by atoms with Gasteiger partial charge in [0.05, 0.1) is 12.4 Å². The second kappa shape index (κ2) is 8.01. The Balaban J connectivity index is 1.57. The van der Waals surface area contributed by atoms with Crippen molar-refractivity contribution in [3.05, 3.63) is 29.6 Å². The van der Waals surface area contributed by atoms with Gasteiger partial charge < -0.3 is 9.47 Å². The van der Waals surface area contributed by atoms with Crippen LogP contribution < -0.4 is 9.46 Å². The zero-order valence-corrected chi connectivity index (χ0v) is 15.4. The first-order valence-electron chi connectivity index (χ1n) is 8.93. The van der Waals surface area contributed by atoms with Crippen molar-refractivity contribution in [2.24, 2.45) is 11.8 Å². The second-order valence-corrected chi connectivity index (χ2v) is 8.92. The van der Waals surface area contributed by atoms with Crippen LogP contribution in [0.1, 0.15) is 44.2 Å². The summed E-state index contributed by atoms with van der Waals surface area (Å²) in [5.74, 6) is 0.538. The molecule has 0 spiro atoms. The molecule has 5 nitrogen and oxygen atoms in total. The monoisotopic (exact) mass is 371 g/mol. The molecule has 1 saturated carbocycles. The SMILES string of the molecule is C[C@H](NS(=O)(=O)CC1CCOCC1)c1ccc(OCC2CC2)c(F)c1. The summed E-state index contributed by atoms with van der Waals surface area (Å²) in [6.07, 6.45) is 3.81. The third-order valence-corrected chi connectivity index (χ3v) is 6.40. The Bertz CT molecular complexity index is 684. The molecule has 1 heterocycles. The number of ether oxygens (including phenoxy) is 2. The largest absolute Gasteiger partial charge is 0.490 e. The van der Waals surface area contributed by atoms with Crippen LogP contribution in [0.15, 0.2) is 18.2 Å². The summed E-state index contributed by atoms with van der Waals surface area (Å²) < 4.78 is 52.2. The van der Waals surface area contributed by atoms with Crippen molar-refractivity contribution in [2.75, 3.05) is 25.6 Å². The highest BCUT2D eigenvalue weighted by Crippen LogP contribution is 2.30. The fourth-order valence-electron chi connectivity index (χ4n) is 3.00. The Kier molecular flexibility index (Phi) is 5.96. The van der Waals surface area contributed by atoms with Gasteiger partial charge in [-0.05, 0) is 62.1 Å². The van der Waals surface area contributed by atoms with Crippen LogP contribution in [0.3, 0.4) is 0 Å². The number of halogens is 1. The summed E-state index contributed by atoms with van der Waals surface area (Å²) in [4.78, 5) is 0. The summed E-state index contributed by atoms with van der Waals surface area (Å²) in [5.41, 5.74) is 0.590. The first-order chi connectivity index (χ1) is 11.9. The molecule has 1 atom stereocenters. The average molecular weight is 371 g/mol. The molecule has 1 aromatic carbocycles. The maximum atomic E-state index is 14.2. The van der Waals surface area contributed by atoms with Gasteiger partial charge in [0, 0.05) is 19.3 Å². The third-order valence-electron chi connectivity index (χ3n) is 4.78. The Morgan fingerprint density at radius 2 is 1.96 bits per heavy atom. The van der Waals surface area contributed by atoms with Gasteiger partial charge in [-0.15, -0.1) is 0 Å². The van der Waals surface area contributed by atoms with Crippen molar-refractivity contribution in [1.29, 1.82) is 0 Å². The maximum Gasteiger partial charge on any atom is 0.212 e. The van der Waals surface area contributed by atoms with Gasteiger partial charge in [0.2, 0.25) is 10.0 Å². The van der Waals surface area contributed by atoms with Gasteiger partial charge in [-0.3, -0.25) is 0 Å². The maximum absolute atomic E-state index is 14.2. The van der Waals surface area contributed by atoms with Crippen molar-refractivity contribution >= 4 is 10.0 Å². The van der Waals surface area contributed by atoms with Crippen molar-refractivity contribution in [1.82, 2.24) is 4.72 Å². The van der Waals surface area contributed by atoms with Gasteiger partial charge in [0.25, 0.3) is 0 Å². The van der Waals surface area contributed by atoms with Crippen LogP contribution in [-0.2, 0) is 14.8 Å². The normalized spacial score (nSPS) is 20.4. The van der Waals surface area contributed by atoms with Gasteiger partial charge in [-0.1, -0.05) is 6.07 Å². The highest BCUT2D eigenvalue weighted by Gasteiger charge is 2.25. The van der Waals surface area contributed by atoms with E-state index < -0.39 is 21.9 Å². The lowest BCUT2D eigenvalue weighted by molar-refractivity contribution is 0.0723. The van der Waals surface area contributed by atoms with Crippen molar-refractivity contribution < 1.29 is 22.3 Å². The van der Waals surface area contributed by atoms with Crippen LogP contribution in [-0.4, -0.2) is 34.0 Å². The molecule has 1 aromatic rings. The third kappa shape index (κ3) is 5.66. The number of rotatable bonds is 8. The molecule has 1 N–H and O–H groups in total. The molecule has 1 saturated heterocycles. The topological polar surface area (TPSA) is 64.6 Å².